The summed E-state index contributed by atoms with van der Waals surface area (Å²) in [5, 5.41) is 0.126. The standard InChI is InChI=1S/C15H15BrClFN2/c1-9-2-4-11(12(16)6-9)15(20-19)8-10-3-5-14(18)13(17)7-10/h2-7,15,20H,8,19H2,1H3. The number of hydrogen-bond donors (Lipinski definition) is 2. The molecule has 5 heteroatoms. The second kappa shape index (κ2) is 6.68. The lowest BCUT2D eigenvalue weighted by Gasteiger charge is -2.18. The SMILES string of the molecule is Cc1ccc(C(Cc2ccc(F)c(Cl)c2)NN)c(Br)c1. The van der Waals surface area contributed by atoms with Crippen molar-refractivity contribution in [2.45, 2.75) is 19.4 Å². The van der Waals surface area contributed by atoms with Crippen LogP contribution in [-0.2, 0) is 6.42 Å². The maximum absolute atomic E-state index is 13.2. The summed E-state index contributed by atoms with van der Waals surface area (Å²) in [5.41, 5.74) is 5.94. The van der Waals surface area contributed by atoms with Gasteiger partial charge in [-0.05, 0) is 48.2 Å². The third kappa shape index (κ3) is 3.58. The minimum absolute atomic E-state index is 0.0773. The van der Waals surface area contributed by atoms with Crippen LogP contribution in [0.25, 0.3) is 0 Å². The van der Waals surface area contributed by atoms with Crippen molar-refractivity contribution in [3.05, 3.63) is 68.4 Å². The second-order valence-electron chi connectivity index (χ2n) is 4.70. The second-order valence-corrected chi connectivity index (χ2v) is 5.96. The Morgan fingerprint density at radius 3 is 2.65 bits per heavy atom. The molecule has 0 spiro atoms. The number of halogens is 3. The van der Waals surface area contributed by atoms with Crippen molar-refractivity contribution in [1.82, 2.24) is 5.43 Å². The van der Waals surface area contributed by atoms with Gasteiger partial charge in [-0.15, -0.1) is 0 Å². The van der Waals surface area contributed by atoms with Gasteiger partial charge in [0.15, 0.2) is 0 Å². The van der Waals surface area contributed by atoms with E-state index in [2.05, 4.69) is 21.4 Å². The van der Waals surface area contributed by atoms with Gasteiger partial charge in [0.05, 0.1) is 11.1 Å². The summed E-state index contributed by atoms with van der Waals surface area (Å²) in [5.74, 6) is 5.24. The van der Waals surface area contributed by atoms with Crippen molar-refractivity contribution in [1.29, 1.82) is 0 Å². The highest BCUT2D eigenvalue weighted by molar-refractivity contribution is 9.10. The molecule has 0 saturated heterocycles. The first-order valence-corrected chi connectivity index (χ1v) is 7.34. The molecule has 3 N–H and O–H groups in total. The summed E-state index contributed by atoms with van der Waals surface area (Å²) < 4.78 is 14.2. The topological polar surface area (TPSA) is 38.0 Å². The van der Waals surface area contributed by atoms with E-state index < -0.39 is 5.82 Å². The smallest absolute Gasteiger partial charge is 0.141 e. The van der Waals surface area contributed by atoms with E-state index in [-0.39, 0.29) is 11.1 Å². The molecular formula is C15H15BrClFN2. The Morgan fingerprint density at radius 2 is 2.05 bits per heavy atom. The molecule has 1 unspecified atom stereocenters. The fourth-order valence-corrected chi connectivity index (χ4v) is 3.05. The third-order valence-electron chi connectivity index (χ3n) is 3.16. The van der Waals surface area contributed by atoms with Crippen molar-refractivity contribution in [3.8, 4) is 0 Å². The maximum Gasteiger partial charge on any atom is 0.141 e. The van der Waals surface area contributed by atoms with Crippen LogP contribution in [0.3, 0.4) is 0 Å². The first-order chi connectivity index (χ1) is 9.51. The van der Waals surface area contributed by atoms with E-state index in [4.69, 9.17) is 17.4 Å². The highest BCUT2D eigenvalue weighted by atomic mass is 79.9. The van der Waals surface area contributed by atoms with E-state index in [1.54, 1.807) is 12.1 Å². The number of benzene rings is 2. The molecular weight excluding hydrogens is 343 g/mol. The fraction of sp³-hybridized carbons (Fsp3) is 0.200. The Kier molecular flexibility index (Phi) is 5.16. The Morgan fingerprint density at radius 1 is 1.30 bits per heavy atom. The van der Waals surface area contributed by atoms with Crippen LogP contribution < -0.4 is 11.3 Å². The van der Waals surface area contributed by atoms with Gasteiger partial charge in [0.1, 0.15) is 5.82 Å². The molecule has 106 valence electrons. The van der Waals surface area contributed by atoms with E-state index in [0.717, 1.165) is 15.6 Å². The zero-order valence-corrected chi connectivity index (χ0v) is 13.3. The van der Waals surface area contributed by atoms with Gasteiger partial charge in [-0.2, -0.15) is 0 Å². The number of hydrazine groups is 1. The van der Waals surface area contributed by atoms with E-state index in [0.29, 0.717) is 6.42 Å². The normalized spacial score (nSPS) is 12.4. The Hall–Kier alpha value is -0.940. The molecule has 0 aliphatic carbocycles. The molecule has 0 fully saturated rings. The third-order valence-corrected chi connectivity index (χ3v) is 4.13. The van der Waals surface area contributed by atoms with Crippen LogP contribution in [0.1, 0.15) is 22.7 Å². The maximum atomic E-state index is 13.2. The van der Waals surface area contributed by atoms with Gasteiger partial charge in [0.2, 0.25) is 0 Å². The molecule has 0 saturated carbocycles. The van der Waals surface area contributed by atoms with Crippen molar-refractivity contribution < 1.29 is 4.39 Å². The van der Waals surface area contributed by atoms with Crippen LogP contribution in [0.15, 0.2) is 40.9 Å². The van der Waals surface area contributed by atoms with Crippen LogP contribution in [0.2, 0.25) is 5.02 Å². The molecule has 2 nitrogen and oxygen atoms in total. The van der Waals surface area contributed by atoms with E-state index >= 15 is 0 Å². The van der Waals surface area contributed by atoms with Gasteiger partial charge >= 0.3 is 0 Å². The molecule has 0 amide bonds. The molecule has 0 radical (unpaired) electrons. The summed E-state index contributed by atoms with van der Waals surface area (Å²) in [6.07, 6.45) is 0.623. The van der Waals surface area contributed by atoms with Crippen molar-refractivity contribution in [2.75, 3.05) is 0 Å². The lowest BCUT2D eigenvalue weighted by atomic mass is 9.98. The average Bonchev–Trinajstić information content (AvgIpc) is 2.41. The molecule has 0 bridgehead atoms. The van der Waals surface area contributed by atoms with Gasteiger partial charge < -0.3 is 0 Å². The van der Waals surface area contributed by atoms with Gasteiger partial charge in [-0.25, -0.2) is 4.39 Å². The molecule has 2 rings (SSSR count). The van der Waals surface area contributed by atoms with E-state index in [1.165, 1.54) is 11.6 Å². The molecule has 0 heterocycles. The largest absolute Gasteiger partial charge is 0.271 e. The lowest BCUT2D eigenvalue weighted by Crippen LogP contribution is -2.29. The summed E-state index contributed by atoms with van der Waals surface area (Å²) in [6, 6.07) is 10.7. The highest BCUT2D eigenvalue weighted by Crippen LogP contribution is 2.27. The Labute approximate surface area is 131 Å². The number of hydrogen-bond acceptors (Lipinski definition) is 2. The molecule has 20 heavy (non-hydrogen) atoms. The van der Waals surface area contributed by atoms with E-state index in [9.17, 15) is 4.39 Å². The lowest BCUT2D eigenvalue weighted by molar-refractivity contribution is 0.549. The summed E-state index contributed by atoms with van der Waals surface area (Å²) in [7, 11) is 0. The monoisotopic (exact) mass is 356 g/mol. The molecule has 1 atom stereocenters. The molecule has 0 aromatic heterocycles. The van der Waals surface area contributed by atoms with Crippen LogP contribution in [-0.4, -0.2) is 0 Å². The Bertz CT molecular complexity index is 619. The summed E-state index contributed by atoms with van der Waals surface area (Å²) >= 11 is 9.35. The van der Waals surface area contributed by atoms with Crippen molar-refractivity contribution >= 4 is 27.5 Å². The minimum atomic E-state index is -0.413. The predicted octanol–water partition coefficient (Wildman–Crippen LogP) is 4.30. The predicted molar refractivity (Wildman–Crippen MR) is 84.1 cm³/mol. The first kappa shape index (κ1) is 15.4. The number of nitrogens with two attached hydrogens (primary N) is 1. The molecule has 0 aliphatic heterocycles. The summed E-state index contributed by atoms with van der Waals surface area (Å²) in [4.78, 5) is 0. The Balaban J connectivity index is 2.26. The quantitative estimate of drug-likeness (QED) is 0.632. The highest BCUT2D eigenvalue weighted by Gasteiger charge is 2.14. The summed E-state index contributed by atoms with van der Waals surface area (Å²) in [6.45, 7) is 2.03. The number of nitrogens with one attached hydrogen (secondary N) is 1. The van der Waals surface area contributed by atoms with Gasteiger partial charge in [-0.1, -0.05) is 45.7 Å². The van der Waals surface area contributed by atoms with Gasteiger partial charge in [0.25, 0.3) is 0 Å². The molecule has 0 aliphatic rings. The molecule has 2 aromatic rings. The first-order valence-electron chi connectivity index (χ1n) is 6.17. The van der Waals surface area contributed by atoms with Crippen LogP contribution >= 0.6 is 27.5 Å². The number of aryl methyl sites for hydroxylation is 1. The van der Waals surface area contributed by atoms with Crippen LogP contribution in [0, 0.1) is 12.7 Å². The van der Waals surface area contributed by atoms with Gasteiger partial charge in [-0.3, -0.25) is 11.3 Å². The average molecular weight is 358 g/mol. The van der Waals surface area contributed by atoms with Gasteiger partial charge in [0, 0.05) is 4.47 Å². The van der Waals surface area contributed by atoms with Crippen molar-refractivity contribution in [2.24, 2.45) is 5.84 Å². The zero-order valence-electron chi connectivity index (χ0n) is 11.0. The minimum Gasteiger partial charge on any atom is -0.271 e. The van der Waals surface area contributed by atoms with Crippen LogP contribution in [0.4, 0.5) is 4.39 Å². The molecule has 2 aromatic carbocycles. The van der Waals surface area contributed by atoms with Crippen molar-refractivity contribution in [3.63, 3.8) is 0 Å². The van der Waals surface area contributed by atoms with E-state index in [1.807, 2.05) is 25.1 Å². The van der Waals surface area contributed by atoms with Crippen LogP contribution in [0.5, 0.6) is 0 Å². The number of rotatable bonds is 4. The fourth-order valence-electron chi connectivity index (χ4n) is 2.08. The zero-order chi connectivity index (χ0) is 14.7.